The van der Waals surface area contributed by atoms with Crippen LogP contribution in [-0.2, 0) is 4.79 Å². The van der Waals surface area contributed by atoms with E-state index in [0.29, 0.717) is 19.3 Å². The van der Waals surface area contributed by atoms with Gasteiger partial charge in [0, 0.05) is 31.8 Å². The third-order valence-corrected chi connectivity index (χ3v) is 3.42. The predicted octanol–water partition coefficient (Wildman–Crippen LogP) is 4.96. The van der Waals surface area contributed by atoms with Crippen molar-refractivity contribution in [2.75, 3.05) is 0 Å². The van der Waals surface area contributed by atoms with Crippen LogP contribution in [-0.4, -0.2) is 11.2 Å². The number of carbonyl (C=O) groups excluding carboxylic acids is 1. The third kappa shape index (κ3) is 13.4. The smallest absolute Gasteiger partial charge is 0.243 e. The van der Waals surface area contributed by atoms with Gasteiger partial charge in [0.25, 0.3) is 0 Å². The number of unbranched alkanes of at least 4 members (excludes halogenated alkanes) is 8. The monoisotopic (exact) mass is 306 g/mol. The van der Waals surface area contributed by atoms with E-state index in [4.69, 9.17) is 0 Å². The van der Waals surface area contributed by atoms with Gasteiger partial charge in [-0.05, 0) is 19.3 Å². The second-order valence-electron chi connectivity index (χ2n) is 5.38. The van der Waals surface area contributed by atoms with Gasteiger partial charge >= 0.3 is 0 Å². The standard InChI is InChI=1S/C18H28NO3/c1-2-3-4-5-6-9-12-15-18(19(21)22)16-13-10-7-8-11-14-17-20/h15H,2-5,7-8,10-14,16H2,1H3. The first-order valence-electron chi connectivity index (χ1n) is 8.36. The van der Waals surface area contributed by atoms with Crippen molar-refractivity contribution in [3.05, 3.63) is 21.9 Å². The lowest BCUT2D eigenvalue weighted by atomic mass is 10.1. The van der Waals surface area contributed by atoms with E-state index in [9.17, 15) is 14.9 Å². The number of rotatable bonds is 13. The van der Waals surface area contributed by atoms with Gasteiger partial charge in [0.15, 0.2) is 6.29 Å². The summed E-state index contributed by atoms with van der Waals surface area (Å²) in [4.78, 5) is 20.7. The van der Waals surface area contributed by atoms with Crippen LogP contribution < -0.4 is 0 Å². The molecule has 0 atom stereocenters. The molecule has 0 aliphatic carbocycles. The van der Waals surface area contributed by atoms with E-state index in [1.807, 2.05) is 6.29 Å². The lowest BCUT2D eigenvalue weighted by Crippen LogP contribution is -1.98. The molecule has 0 saturated heterocycles. The van der Waals surface area contributed by atoms with Crippen molar-refractivity contribution in [3.8, 4) is 11.8 Å². The Morgan fingerprint density at radius 1 is 1.00 bits per heavy atom. The minimum atomic E-state index is -0.292. The highest BCUT2D eigenvalue weighted by Crippen LogP contribution is 2.12. The quantitative estimate of drug-likeness (QED) is 0.209. The molecule has 0 aromatic rings. The molecule has 0 fully saturated rings. The molecule has 1 radical (unpaired) electrons. The topological polar surface area (TPSA) is 60.2 Å². The van der Waals surface area contributed by atoms with Crippen LogP contribution >= 0.6 is 0 Å². The molecule has 0 bridgehead atoms. The first-order chi connectivity index (χ1) is 10.7. The van der Waals surface area contributed by atoms with E-state index in [-0.39, 0.29) is 10.6 Å². The molecule has 4 heteroatoms. The maximum atomic E-state index is 11.0. The van der Waals surface area contributed by atoms with E-state index in [0.717, 1.165) is 44.9 Å². The summed E-state index contributed by atoms with van der Waals surface area (Å²) in [6.07, 6.45) is 14.0. The van der Waals surface area contributed by atoms with E-state index in [2.05, 4.69) is 18.8 Å². The molecule has 0 aromatic heterocycles. The molecule has 0 aliphatic rings. The maximum Gasteiger partial charge on any atom is 0.243 e. The highest BCUT2D eigenvalue weighted by Gasteiger charge is 2.08. The molecule has 0 aliphatic heterocycles. The zero-order chi connectivity index (χ0) is 16.5. The fourth-order valence-electron chi connectivity index (χ4n) is 2.09. The number of hydrogen-bond donors (Lipinski definition) is 0. The lowest BCUT2D eigenvalue weighted by molar-refractivity contribution is -0.428. The largest absolute Gasteiger partial charge is 0.291 e. The van der Waals surface area contributed by atoms with Crippen molar-refractivity contribution in [2.24, 2.45) is 0 Å². The summed E-state index contributed by atoms with van der Waals surface area (Å²) in [5.41, 5.74) is 0.282. The van der Waals surface area contributed by atoms with Crippen LogP contribution in [0, 0.1) is 22.0 Å². The molecule has 0 N–H and O–H groups in total. The van der Waals surface area contributed by atoms with Crippen molar-refractivity contribution in [1.29, 1.82) is 0 Å². The Bertz CT molecular complexity index is 391. The second kappa shape index (κ2) is 15.8. The Morgan fingerprint density at radius 3 is 2.36 bits per heavy atom. The fourth-order valence-corrected chi connectivity index (χ4v) is 2.09. The maximum absolute atomic E-state index is 11.0. The van der Waals surface area contributed by atoms with Gasteiger partial charge in [0.2, 0.25) is 5.70 Å². The normalized spacial score (nSPS) is 10.9. The number of nitro groups is 1. The van der Waals surface area contributed by atoms with Crippen LogP contribution in [0.1, 0.15) is 84.0 Å². The molecule has 4 nitrogen and oxygen atoms in total. The summed E-state index contributed by atoms with van der Waals surface area (Å²) in [6.45, 7) is 2.15. The Kier molecular flexibility index (Phi) is 14.6. The predicted molar refractivity (Wildman–Crippen MR) is 89.6 cm³/mol. The molecular weight excluding hydrogens is 278 g/mol. The molecule has 0 spiro atoms. The minimum Gasteiger partial charge on any atom is -0.291 e. The van der Waals surface area contributed by atoms with E-state index in [1.54, 1.807) is 6.08 Å². The minimum absolute atomic E-state index is 0.282. The number of allylic oxidation sites excluding steroid dienone is 2. The van der Waals surface area contributed by atoms with Gasteiger partial charge in [-0.1, -0.05) is 44.9 Å². The summed E-state index contributed by atoms with van der Waals surface area (Å²) in [6, 6.07) is 0. The highest BCUT2D eigenvalue weighted by molar-refractivity contribution is 5.50. The van der Waals surface area contributed by atoms with Crippen molar-refractivity contribution in [1.82, 2.24) is 0 Å². The van der Waals surface area contributed by atoms with Gasteiger partial charge in [-0.15, -0.1) is 5.92 Å². The molecule has 0 saturated carbocycles. The van der Waals surface area contributed by atoms with Gasteiger partial charge in [0.1, 0.15) is 0 Å². The van der Waals surface area contributed by atoms with Gasteiger partial charge in [0.05, 0.1) is 4.92 Å². The molecule has 0 heterocycles. The van der Waals surface area contributed by atoms with Gasteiger partial charge in [-0.2, -0.15) is 0 Å². The molecule has 123 valence electrons. The van der Waals surface area contributed by atoms with Gasteiger partial charge < -0.3 is 0 Å². The molecule has 0 aromatic carbocycles. The molecule has 22 heavy (non-hydrogen) atoms. The lowest BCUT2D eigenvalue weighted by Gasteiger charge is -1.99. The van der Waals surface area contributed by atoms with Gasteiger partial charge in [-0.25, -0.2) is 0 Å². The summed E-state index contributed by atoms with van der Waals surface area (Å²) >= 11 is 0. The van der Waals surface area contributed by atoms with Crippen LogP contribution in [0.3, 0.4) is 0 Å². The average Bonchev–Trinajstić information content (AvgIpc) is 2.50. The first-order valence-corrected chi connectivity index (χ1v) is 8.36. The summed E-state index contributed by atoms with van der Waals surface area (Å²) < 4.78 is 0. The highest BCUT2D eigenvalue weighted by atomic mass is 16.6. The van der Waals surface area contributed by atoms with Crippen molar-refractivity contribution >= 4 is 6.29 Å². The second-order valence-corrected chi connectivity index (χ2v) is 5.38. The third-order valence-electron chi connectivity index (χ3n) is 3.42. The summed E-state index contributed by atoms with van der Waals surface area (Å²) in [5.74, 6) is 6.05. The molecule has 0 unspecified atom stereocenters. The Hall–Kier alpha value is -1.63. The first kappa shape index (κ1) is 20.4. The molecule has 0 amide bonds. The van der Waals surface area contributed by atoms with Crippen molar-refractivity contribution in [3.63, 3.8) is 0 Å². The zero-order valence-electron chi connectivity index (χ0n) is 13.7. The van der Waals surface area contributed by atoms with E-state index >= 15 is 0 Å². The Morgan fingerprint density at radius 2 is 1.68 bits per heavy atom. The summed E-state index contributed by atoms with van der Waals surface area (Å²) in [7, 11) is 0. The van der Waals surface area contributed by atoms with E-state index in [1.165, 1.54) is 12.8 Å². The number of hydrogen-bond acceptors (Lipinski definition) is 3. The SMILES string of the molecule is CCCCCC#CCC=C(CCCCCCC[C]=O)[N+](=O)[O-]. The van der Waals surface area contributed by atoms with Crippen LogP contribution in [0.5, 0.6) is 0 Å². The van der Waals surface area contributed by atoms with Crippen molar-refractivity contribution < 1.29 is 9.72 Å². The number of nitrogens with zero attached hydrogens (tertiary/aromatic N) is 1. The van der Waals surface area contributed by atoms with Crippen LogP contribution in [0.15, 0.2) is 11.8 Å². The fraction of sp³-hybridized carbons (Fsp3) is 0.722. The van der Waals surface area contributed by atoms with Crippen LogP contribution in [0.25, 0.3) is 0 Å². The average molecular weight is 306 g/mol. The molecular formula is C18H28NO3. The van der Waals surface area contributed by atoms with Crippen LogP contribution in [0.2, 0.25) is 0 Å². The molecule has 0 rings (SSSR count). The van der Waals surface area contributed by atoms with E-state index < -0.39 is 0 Å². The summed E-state index contributed by atoms with van der Waals surface area (Å²) in [5, 5.41) is 11.0. The van der Waals surface area contributed by atoms with Gasteiger partial charge in [-0.3, -0.25) is 14.9 Å². The van der Waals surface area contributed by atoms with Crippen LogP contribution in [0.4, 0.5) is 0 Å². The Labute approximate surface area is 134 Å². The Balaban J connectivity index is 3.87. The zero-order valence-corrected chi connectivity index (χ0v) is 13.7. The van der Waals surface area contributed by atoms with Crippen molar-refractivity contribution in [2.45, 2.75) is 84.0 Å².